The predicted molar refractivity (Wildman–Crippen MR) is 77.8 cm³/mol. The van der Waals surface area contributed by atoms with Crippen molar-refractivity contribution in [2.45, 2.75) is 20.3 Å². The minimum Gasteiger partial charge on any atom is -0.492 e. The lowest BCUT2D eigenvalue weighted by Gasteiger charge is -2.19. The molecule has 0 atom stereocenters. The van der Waals surface area contributed by atoms with Crippen LogP contribution < -0.4 is 10.5 Å². The fourth-order valence-electron chi connectivity index (χ4n) is 2.44. The van der Waals surface area contributed by atoms with Gasteiger partial charge in [0.25, 0.3) is 0 Å². The first-order valence-electron chi connectivity index (χ1n) is 6.76. The zero-order valence-corrected chi connectivity index (χ0v) is 11.8. The number of nitrogens with two attached hydrogens (primary N) is 1. The number of nitrogen functional groups attached to an aromatic ring is 1. The van der Waals surface area contributed by atoms with Crippen molar-refractivity contribution >= 4 is 5.84 Å². The number of amidine groups is 1. The Kier molecular flexibility index (Phi) is 4.10. The normalized spacial score (nSPS) is 18.4. The number of likely N-dealkylation sites (tertiary alicyclic amines) is 1. The second-order valence-corrected chi connectivity index (χ2v) is 5.98. The Hall–Kier alpha value is -1.55. The molecule has 1 fully saturated rings. The highest BCUT2D eigenvalue weighted by Crippen LogP contribution is 2.28. The molecule has 1 heterocycles. The largest absolute Gasteiger partial charge is 0.492 e. The maximum atomic E-state index is 7.32. The maximum Gasteiger partial charge on any atom is 0.122 e. The van der Waals surface area contributed by atoms with Crippen LogP contribution in [0.2, 0.25) is 0 Å². The van der Waals surface area contributed by atoms with Gasteiger partial charge in [0.05, 0.1) is 0 Å². The summed E-state index contributed by atoms with van der Waals surface area (Å²) in [5.74, 6) is 0.925. The number of ether oxygens (including phenoxy) is 1. The van der Waals surface area contributed by atoms with Gasteiger partial charge in [0.15, 0.2) is 0 Å². The quantitative estimate of drug-likeness (QED) is 0.630. The van der Waals surface area contributed by atoms with Crippen molar-refractivity contribution in [2.24, 2.45) is 11.1 Å². The average molecular weight is 261 g/mol. The zero-order valence-electron chi connectivity index (χ0n) is 11.8. The molecule has 4 heteroatoms. The summed E-state index contributed by atoms with van der Waals surface area (Å²) in [4.78, 5) is 2.45. The number of nitrogens with one attached hydrogen (secondary N) is 1. The average Bonchev–Trinajstić information content (AvgIpc) is 2.69. The first-order chi connectivity index (χ1) is 8.96. The smallest absolute Gasteiger partial charge is 0.122 e. The van der Waals surface area contributed by atoms with Crippen LogP contribution in [0.25, 0.3) is 0 Å². The Bertz CT molecular complexity index is 439. The van der Waals surface area contributed by atoms with E-state index in [0.29, 0.717) is 12.0 Å². The van der Waals surface area contributed by atoms with Gasteiger partial charge in [-0.05, 0) is 42.6 Å². The van der Waals surface area contributed by atoms with Crippen LogP contribution in [0.4, 0.5) is 0 Å². The van der Waals surface area contributed by atoms with Crippen molar-refractivity contribution in [3.63, 3.8) is 0 Å². The summed E-state index contributed by atoms with van der Waals surface area (Å²) >= 11 is 0. The van der Waals surface area contributed by atoms with E-state index < -0.39 is 0 Å². The molecule has 0 unspecified atom stereocenters. The maximum absolute atomic E-state index is 7.32. The number of rotatable bonds is 5. The third kappa shape index (κ3) is 3.96. The molecular formula is C15H23N3O. The van der Waals surface area contributed by atoms with Crippen LogP contribution in [-0.4, -0.2) is 37.0 Å². The topological polar surface area (TPSA) is 62.3 Å². The molecule has 1 aromatic carbocycles. The Labute approximate surface area is 115 Å². The van der Waals surface area contributed by atoms with E-state index in [1.54, 1.807) is 0 Å². The first kappa shape index (κ1) is 13.9. The van der Waals surface area contributed by atoms with Crippen LogP contribution in [0.1, 0.15) is 25.8 Å². The van der Waals surface area contributed by atoms with Gasteiger partial charge in [-0.1, -0.05) is 13.8 Å². The molecule has 104 valence electrons. The van der Waals surface area contributed by atoms with Gasteiger partial charge in [-0.15, -0.1) is 0 Å². The van der Waals surface area contributed by atoms with Crippen molar-refractivity contribution in [3.05, 3.63) is 29.8 Å². The van der Waals surface area contributed by atoms with Gasteiger partial charge < -0.3 is 10.5 Å². The second-order valence-electron chi connectivity index (χ2n) is 5.98. The summed E-state index contributed by atoms with van der Waals surface area (Å²) < 4.78 is 5.72. The molecule has 0 saturated carbocycles. The van der Waals surface area contributed by atoms with E-state index in [1.165, 1.54) is 13.0 Å². The van der Waals surface area contributed by atoms with Crippen LogP contribution in [0, 0.1) is 10.8 Å². The Morgan fingerprint density at radius 3 is 2.58 bits per heavy atom. The first-order valence-corrected chi connectivity index (χ1v) is 6.76. The fourth-order valence-corrected chi connectivity index (χ4v) is 2.44. The summed E-state index contributed by atoms with van der Waals surface area (Å²) in [5.41, 5.74) is 6.59. The number of benzene rings is 1. The molecule has 3 N–H and O–H groups in total. The number of hydrogen-bond acceptors (Lipinski definition) is 3. The van der Waals surface area contributed by atoms with Crippen molar-refractivity contribution in [1.29, 1.82) is 5.41 Å². The fraction of sp³-hybridized carbons (Fsp3) is 0.533. The Balaban J connectivity index is 1.75. The van der Waals surface area contributed by atoms with Gasteiger partial charge in [0, 0.05) is 18.7 Å². The van der Waals surface area contributed by atoms with Crippen molar-refractivity contribution < 1.29 is 4.74 Å². The van der Waals surface area contributed by atoms with Crippen LogP contribution in [0.3, 0.4) is 0 Å². The molecule has 2 rings (SSSR count). The van der Waals surface area contributed by atoms with Gasteiger partial charge in [-0.25, -0.2) is 0 Å². The standard InChI is InChI=1S/C15H23N3O/c1-15(2)7-8-18(11-15)9-10-19-13-5-3-12(4-6-13)14(16)17/h3-6H,7-11H2,1-2H3,(H3,16,17). The summed E-state index contributed by atoms with van der Waals surface area (Å²) in [5, 5.41) is 7.32. The number of hydrogen-bond donors (Lipinski definition) is 2. The van der Waals surface area contributed by atoms with Crippen LogP contribution >= 0.6 is 0 Å². The molecule has 1 saturated heterocycles. The molecule has 0 bridgehead atoms. The highest BCUT2D eigenvalue weighted by Gasteiger charge is 2.28. The summed E-state index contributed by atoms with van der Waals surface area (Å²) in [6.07, 6.45) is 1.26. The van der Waals surface area contributed by atoms with Crippen LogP contribution in [0.5, 0.6) is 5.75 Å². The molecule has 0 aromatic heterocycles. The Morgan fingerprint density at radius 1 is 1.37 bits per heavy atom. The van der Waals surface area contributed by atoms with Crippen molar-refractivity contribution in [1.82, 2.24) is 4.90 Å². The van der Waals surface area contributed by atoms with E-state index in [4.69, 9.17) is 15.9 Å². The number of nitrogens with zero attached hydrogens (tertiary/aromatic N) is 1. The summed E-state index contributed by atoms with van der Waals surface area (Å²) in [6.45, 7) is 8.62. The van der Waals surface area contributed by atoms with Crippen LogP contribution in [0.15, 0.2) is 24.3 Å². The van der Waals surface area contributed by atoms with Gasteiger partial charge in [0.1, 0.15) is 18.2 Å². The summed E-state index contributed by atoms with van der Waals surface area (Å²) in [6, 6.07) is 7.36. The van der Waals surface area contributed by atoms with E-state index in [0.717, 1.165) is 24.4 Å². The molecular weight excluding hydrogens is 238 g/mol. The molecule has 1 aromatic rings. The van der Waals surface area contributed by atoms with Gasteiger partial charge in [-0.3, -0.25) is 10.3 Å². The minimum atomic E-state index is 0.0887. The third-order valence-corrected chi connectivity index (χ3v) is 3.60. The minimum absolute atomic E-state index is 0.0887. The van der Waals surface area contributed by atoms with E-state index >= 15 is 0 Å². The van der Waals surface area contributed by atoms with E-state index in [2.05, 4.69) is 18.7 Å². The lowest BCUT2D eigenvalue weighted by atomic mass is 9.93. The van der Waals surface area contributed by atoms with E-state index in [1.807, 2.05) is 24.3 Å². The molecule has 0 aliphatic carbocycles. The second kappa shape index (κ2) is 5.61. The molecule has 1 aliphatic heterocycles. The third-order valence-electron chi connectivity index (χ3n) is 3.60. The van der Waals surface area contributed by atoms with E-state index in [9.17, 15) is 0 Å². The molecule has 1 aliphatic rings. The summed E-state index contributed by atoms with van der Waals surface area (Å²) in [7, 11) is 0. The highest BCUT2D eigenvalue weighted by molar-refractivity contribution is 5.94. The van der Waals surface area contributed by atoms with Crippen molar-refractivity contribution in [2.75, 3.05) is 26.2 Å². The molecule has 0 radical (unpaired) electrons. The van der Waals surface area contributed by atoms with E-state index in [-0.39, 0.29) is 5.84 Å². The zero-order chi connectivity index (χ0) is 13.9. The highest BCUT2D eigenvalue weighted by atomic mass is 16.5. The van der Waals surface area contributed by atoms with Crippen molar-refractivity contribution in [3.8, 4) is 5.75 Å². The van der Waals surface area contributed by atoms with Crippen LogP contribution in [-0.2, 0) is 0 Å². The lowest BCUT2D eigenvalue weighted by Crippen LogP contribution is -2.27. The monoisotopic (exact) mass is 261 g/mol. The van der Waals surface area contributed by atoms with Gasteiger partial charge >= 0.3 is 0 Å². The van der Waals surface area contributed by atoms with Gasteiger partial charge in [0.2, 0.25) is 0 Å². The molecule has 0 amide bonds. The SMILES string of the molecule is CC1(C)CCN(CCOc2ccc(C(=N)N)cc2)C1. The van der Waals surface area contributed by atoms with Gasteiger partial charge in [-0.2, -0.15) is 0 Å². The predicted octanol–water partition coefficient (Wildman–Crippen LogP) is 2.08. The molecule has 4 nitrogen and oxygen atoms in total. The molecule has 0 spiro atoms. The lowest BCUT2D eigenvalue weighted by molar-refractivity contribution is 0.222. The molecule has 19 heavy (non-hydrogen) atoms. The Morgan fingerprint density at radius 2 is 2.05 bits per heavy atom.